The lowest BCUT2D eigenvalue weighted by Gasteiger charge is -2.16. The fraction of sp³-hybridized carbons (Fsp3) is 0.500. The van der Waals surface area contributed by atoms with Crippen LogP contribution in [-0.2, 0) is 14.6 Å². The van der Waals surface area contributed by atoms with E-state index in [1.165, 1.54) is 0 Å². The molecule has 1 atom stereocenters. The third-order valence-electron chi connectivity index (χ3n) is 3.56. The van der Waals surface area contributed by atoms with E-state index in [0.29, 0.717) is 29.8 Å². The summed E-state index contributed by atoms with van der Waals surface area (Å²) in [6.07, 6.45) is 1.32. The third kappa shape index (κ3) is 3.47. The molecule has 7 heteroatoms. The van der Waals surface area contributed by atoms with Crippen molar-refractivity contribution in [2.75, 3.05) is 30.0 Å². The maximum Gasteiger partial charge on any atom is 0.340 e. The predicted molar refractivity (Wildman–Crippen MR) is 82.1 cm³/mol. The summed E-state index contributed by atoms with van der Waals surface area (Å²) in [6, 6.07) is 4.94. The van der Waals surface area contributed by atoms with E-state index in [-0.39, 0.29) is 18.9 Å². The summed E-state index contributed by atoms with van der Waals surface area (Å²) >= 11 is 0. The van der Waals surface area contributed by atoms with Gasteiger partial charge in [-0.3, -0.25) is 0 Å². The van der Waals surface area contributed by atoms with Crippen molar-refractivity contribution in [1.29, 1.82) is 0 Å². The lowest BCUT2D eigenvalue weighted by atomic mass is 10.1. The Kier molecular flexibility index (Phi) is 4.72. The molecule has 2 rings (SSSR count). The number of sulfone groups is 1. The number of ether oxygens (including phenoxy) is 1. The molecule has 0 aliphatic carbocycles. The maximum absolute atomic E-state index is 11.9. The number of anilines is 2. The molecule has 1 aromatic rings. The SMILES string of the molecule is CCOC(=O)c1cccc(N)c1NCC1CCCS1(=O)=O. The zero-order valence-electron chi connectivity index (χ0n) is 12.0. The number of nitrogens with two attached hydrogens (primary N) is 1. The first-order chi connectivity index (χ1) is 9.95. The molecule has 3 N–H and O–H groups in total. The van der Waals surface area contributed by atoms with E-state index in [2.05, 4.69) is 5.32 Å². The molecule has 0 amide bonds. The Morgan fingerprint density at radius 2 is 2.24 bits per heavy atom. The Labute approximate surface area is 124 Å². The van der Waals surface area contributed by atoms with Crippen molar-refractivity contribution in [3.8, 4) is 0 Å². The molecule has 1 unspecified atom stereocenters. The number of esters is 1. The molecular formula is C14H20N2O4S. The lowest BCUT2D eigenvalue weighted by Crippen LogP contribution is -2.26. The van der Waals surface area contributed by atoms with Crippen LogP contribution in [0.15, 0.2) is 18.2 Å². The summed E-state index contributed by atoms with van der Waals surface area (Å²) in [5.41, 5.74) is 7.06. The summed E-state index contributed by atoms with van der Waals surface area (Å²) in [6.45, 7) is 2.25. The van der Waals surface area contributed by atoms with E-state index < -0.39 is 21.1 Å². The van der Waals surface area contributed by atoms with Gasteiger partial charge in [-0.15, -0.1) is 0 Å². The Morgan fingerprint density at radius 1 is 1.48 bits per heavy atom. The fourth-order valence-corrected chi connectivity index (χ4v) is 4.22. The molecule has 1 aromatic carbocycles. The standard InChI is InChI=1S/C14H20N2O4S/c1-2-20-14(17)11-6-3-7-12(15)13(11)16-9-10-5-4-8-21(10,18)19/h3,6-7,10,16H,2,4-5,8-9,15H2,1H3. The zero-order chi connectivity index (χ0) is 15.5. The Bertz CT molecular complexity index is 628. The number of nitrogens with one attached hydrogen (secondary N) is 1. The van der Waals surface area contributed by atoms with Crippen LogP contribution >= 0.6 is 0 Å². The van der Waals surface area contributed by atoms with Crippen LogP contribution in [0.1, 0.15) is 30.1 Å². The molecular weight excluding hydrogens is 292 g/mol. The summed E-state index contributed by atoms with van der Waals surface area (Å²) in [5.74, 6) is -0.240. The van der Waals surface area contributed by atoms with E-state index in [0.717, 1.165) is 0 Å². The van der Waals surface area contributed by atoms with Crippen molar-refractivity contribution in [1.82, 2.24) is 0 Å². The van der Waals surface area contributed by atoms with Crippen molar-refractivity contribution in [3.05, 3.63) is 23.8 Å². The number of carbonyl (C=O) groups is 1. The summed E-state index contributed by atoms with van der Waals surface area (Å²) < 4.78 is 28.6. The highest BCUT2D eigenvalue weighted by Crippen LogP contribution is 2.26. The topological polar surface area (TPSA) is 98.5 Å². The van der Waals surface area contributed by atoms with Crippen LogP contribution < -0.4 is 11.1 Å². The average molecular weight is 312 g/mol. The molecule has 1 saturated heterocycles. The molecule has 0 saturated carbocycles. The molecule has 0 radical (unpaired) electrons. The summed E-state index contributed by atoms with van der Waals surface area (Å²) in [4.78, 5) is 11.9. The van der Waals surface area contributed by atoms with Gasteiger partial charge in [-0.2, -0.15) is 0 Å². The number of nitrogen functional groups attached to an aromatic ring is 1. The molecule has 0 spiro atoms. The van der Waals surface area contributed by atoms with Gasteiger partial charge in [0.1, 0.15) is 0 Å². The molecule has 1 aliphatic heterocycles. The van der Waals surface area contributed by atoms with E-state index in [4.69, 9.17) is 10.5 Å². The first kappa shape index (κ1) is 15.6. The minimum Gasteiger partial charge on any atom is -0.462 e. The van der Waals surface area contributed by atoms with E-state index in [1.54, 1.807) is 25.1 Å². The van der Waals surface area contributed by atoms with Crippen molar-refractivity contribution < 1.29 is 17.9 Å². The smallest absolute Gasteiger partial charge is 0.340 e. The van der Waals surface area contributed by atoms with Crippen LogP contribution in [0.4, 0.5) is 11.4 Å². The van der Waals surface area contributed by atoms with Crippen LogP contribution in [0.5, 0.6) is 0 Å². The van der Waals surface area contributed by atoms with Crippen molar-refractivity contribution in [2.24, 2.45) is 0 Å². The molecule has 1 aliphatic rings. The van der Waals surface area contributed by atoms with Gasteiger partial charge in [0.15, 0.2) is 9.84 Å². The number of hydrogen-bond acceptors (Lipinski definition) is 6. The molecule has 1 fully saturated rings. The predicted octanol–water partition coefficient (Wildman–Crippen LogP) is 1.43. The van der Waals surface area contributed by atoms with Crippen LogP contribution in [-0.4, -0.2) is 38.5 Å². The molecule has 1 heterocycles. The lowest BCUT2D eigenvalue weighted by molar-refractivity contribution is 0.0527. The Balaban J connectivity index is 2.17. The Hall–Kier alpha value is -1.76. The van der Waals surface area contributed by atoms with Crippen LogP contribution in [0.3, 0.4) is 0 Å². The summed E-state index contributed by atoms with van der Waals surface area (Å²) in [7, 11) is -3.03. The number of hydrogen-bond donors (Lipinski definition) is 2. The fourth-order valence-electron chi connectivity index (χ4n) is 2.45. The zero-order valence-corrected chi connectivity index (χ0v) is 12.8. The monoisotopic (exact) mass is 312 g/mol. The highest BCUT2D eigenvalue weighted by Gasteiger charge is 2.31. The second-order valence-electron chi connectivity index (χ2n) is 5.00. The highest BCUT2D eigenvalue weighted by atomic mass is 32.2. The van der Waals surface area contributed by atoms with E-state index >= 15 is 0 Å². The minimum atomic E-state index is -3.03. The molecule has 0 bridgehead atoms. The molecule has 21 heavy (non-hydrogen) atoms. The largest absolute Gasteiger partial charge is 0.462 e. The van der Waals surface area contributed by atoms with Gasteiger partial charge >= 0.3 is 5.97 Å². The van der Waals surface area contributed by atoms with Gasteiger partial charge in [-0.1, -0.05) is 6.07 Å². The van der Waals surface area contributed by atoms with Gasteiger partial charge in [0.25, 0.3) is 0 Å². The average Bonchev–Trinajstić information content (AvgIpc) is 2.76. The van der Waals surface area contributed by atoms with Crippen LogP contribution in [0.2, 0.25) is 0 Å². The van der Waals surface area contributed by atoms with Gasteiger partial charge in [-0.05, 0) is 31.9 Å². The number of rotatable bonds is 5. The number of benzene rings is 1. The van der Waals surface area contributed by atoms with Crippen LogP contribution in [0.25, 0.3) is 0 Å². The molecule has 0 aromatic heterocycles. The second-order valence-corrected chi connectivity index (χ2v) is 7.40. The van der Waals surface area contributed by atoms with Gasteiger partial charge in [0, 0.05) is 6.54 Å². The summed E-state index contributed by atoms with van der Waals surface area (Å²) in [5, 5.41) is 2.59. The van der Waals surface area contributed by atoms with Gasteiger partial charge in [0.05, 0.1) is 34.5 Å². The molecule has 116 valence electrons. The van der Waals surface area contributed by atoms with Crippen molar-refractivity contribution >= 4 is 27.2 Å². The van der Waals surface area contributed by atoms with E-state index in [9.17, 15) is 13.2 Å². The van der Waals surface area contributed by atoms with Crippen molar-refractivity contribution in [3.63, 3.8) is 0 Å². The van der Waals surface area contributed by atoms with Gasteiger partial charge in [-0.25, -0.2) is 13.2 Å². The third-order valence-corrected chi connectivity index (χ3v) is 5.84. The maximum atomic E-state index is 11.9. The van der Waals surface area contributed by atoms with Gasteiger partial charge in [0.2, 0.25) is 0 Å². The number of para-hydroxylation sites is 1. The molecule has 6 nitrogen and oxygen atoms in total. The first-order valence-corrected chi connectivity index (χ1v) is 8.68. The first-order valence-electron chi connectivity index (χ1n) is 6.96. The minimum absolute atomic E-state index is 0.231. The van der Waals surface area contributed by atoms with Crippen LogP contribution in [0, 0.1) is 0 Å². The van der Waals surface area contributed by atoms with E-state index in [1.807, 2.05) is 0 Å². The quantitative estimate of drug-likeness (QED) is 0.630. The van der Waals surface area contributed by atoms with Gasteiger partial charge < -0.3 is 15.8 Å². The second kappa shape index (κ2) is 6.34. The number of carbonyl (C=O) groups excluding carboxylic acids is 1. The highest BCUT2D eigenvalue weighted by molar-refractivity contribution is 7.92. The normalized spacial score (nSPS) is 20.1. The van der Waals surface area contributed by atoms with Crippen molar-refractivity contribution in [2.45, 2.75) is 25.0 Å². The Morgan fingerprint density at radius 3 is 2.86 bits per heavy atom.